The van der Waals surface area contributed by atoms with Gasteiger partial charge >= 0.3 is 0 Å². The minimum Gasteiger partial charge on any atom is -0.508 e. The molecule has 0 saturated carbocycles. The fourth-order valence-electron chi connectivity index (χ4n) is 1.43. The van der Waals surface area contributed by atoms with Gasteiger partial charge in [-0.25, -0.2) is 13.1 Å². The molecule has 1 aromatic carbocycles. The van der Waals surface area contributed by atoms with E-state index >= 15 is 0 Å². The van der Waals surface area contributed by atoms with Crippen molar-refractivity contribution in [2.45, 2.75) is 4.90 Å². The first kappa shape index (κ1) is 18.2. The van der Waals surface area contributed by atoms with Gasteiger partial charge in [0.1, 0.15) is 5.75 Å². The van der Waals surface area contributed by atoms with Gasteiger partial charge in [-0.3, -0.25) is 0 Å². The van der Waals surface area contributed by atoms with Gasteiger partial charge in [0, 0.05) is 18.0 Å². The summed E-state index contributed by atoms with van der Waals surface area (Å²) in [4.78, 5) is 2.66. The van der Waals surface area contributed by atoms with E-state index in [1.54, 1.807) is 0 Å². The summed E-state index contributed by atoms with van der Waals surface area (Å²) in [5, 5.41) is 12.4. The van der Waals surface area contributed by atoms with E-state index < -0.39 is 10.0 Å². The number of nitrogens with one attached hydrogen (secondary N) is 1. The summed E-state index contributed by atoms with van der Waals surface area (Å²) in [6, 6.07) is 5.24. The van der Waals surface area contributed by atoms with Gasteiger partial charge in [-0.1, -0.05) is 5.11 Å². The predicted molar refractivity (Wildman–Crippen MR) is 78.9 cm³/mol. The Morgan fingerprint density at radius 2 is 1.77 bits per heavy atom. The lowest BCUT2D eigenvalue weighted by atomic mass is 10.3. The first-order valence-electron chi connectivity index (χ1n) is 6.51. The molecule has 0 unspecified atom stereocenters. The highest BCUT2D eigenvalue weighted by atomic mass is 32.2. The third-order valence-electron chi connectivity index (χ3n) is 2.46. The third-order valence-corrected chi connectivity index (χ3v) is 3.93. The van der Waals surface area contributed by atoms with Crippen molar-refractivity contribution in [2.24, 2.45) is 5.11 Å². The summed E-state index contributed by atoms with van der Waals surface area (Å²) in [5.41, 5.74) is 8.04. The normalized spacial score (nSPS) is 11.1. The van der Waals surface area contributed by atoms with Crippen molar-refractivity contribution in [3.05, 3.63) is 34.7 Å². The molecule has 0 spiro atoms. The highest BCUT2D eigenvalue weighted by Gasteiger charge is 2.12. The average molecular weight is 330 g/mol. The number of rotatable bonds is 11. The zero-order valence-corrected chi connectivity index (χ0v) is 12.7. The van der Waals surface area contributed by atoms with Crippen molar-refractivity contribution in [1.82, 2.24) is 4.72 Å². The van der Waals surface area contributed by atoms with Crippen molar-refractivity contribution in [3.8, 4) is 5.75 Å². The van der Waals surface area contributed by atoms with Gasteiger partial charge in [-0.05, 0) is 29.8 Å². The largest absolute Gasteiger partial charge is 0.508 e. The average Bonchev–Trinajstić information content (AvgIpc) is 2.49. The van der Waals surface area contributed by atoms with Crippen LogP contribution in [0.5, 0.6) is 5.75 Å². The molecule has 0 aliphatic carbocycles. The number of phenolic OH excluding ortho intramolecular Hbond substituents is 1. The number of azide groups is 1. The fourth-order valence-corrected chi connectivity index (χ4v) is 2.44. The number of ether oxygens (including phenoxy) is 2. The summed E-state index contributed by atoms with van der Waals surface area (Å²) in [5.74, 6) is 0.00254. The van der Waals surface area contributed by atoms with Crippen LogP contribution in [0.4, 0.5) is 0 Å². The van der Waals surface area contributed by atoms with Gasteiger partial charge in [0.05, 0.1) is 31.3 Å². The molecule has 9 nitrogen and oxygen atoms in total. The number of hydrogen-bond acceptors (Lipinski definition) is 6. The number of phenols is 1. The van der Waals surface area contributed by atoms with Crippen LogP contribution in [0.2, 0.25) is 0 Å². The van der Waals surface area contributed by atoms with Crippen LogP contribution in [-0.4, -0.2) is 53.0 Å². The fraction of sp³-hybridized carbons (Fsp3) is 0.500. The van der Waals surface area contributed by atoms with Crippen molar-refractivity contribution < 1.29 is 23.0 Å². The number of nitrogens with zero attached hydrogens (tertiary/aromatic N) is 3. The maximum absolute atomic E-state index is 11.9. The molecule has 0 aromatic heterocycles. The first-order valence-corrected chi connectivity index (χ1v) is 7.99. The number of hydrogen-bond donors (Lipinski definition) is 2. The van der Waals surface area contributed by atoms with Gasteiger partial charge in [0.15, 0.2) is 0 Å². The molecule has 0 bridgehead atoms. The topological polar surface area (TPSA) is 134 Å². The van der Waals surface area contributed by atoms with Gasteiger partial charge in [0.2, 0.25) is 10.0 Å². The standard InChI is InChI=1S/C12H18N4O5S/c13-16-14-5-7-20-9-10-21-8-6-15-22(18,19)12-3-1-11(17)2-4-12/h1-4,15,17H,5-10H2. The maximum Gasteiger partial charge on any atom is 0.240 e. The molecule has 2 N–H and O–H groups in total. The molecule has 0 aliphatic rings. The molecule has 0 saturated heterocycles. The van der Waals surface area contributed by atoms with Crippen molar-refractivity contribution in [2.75, 3.05) is 39.5 Å². The summed E-state index contributed by atoms with van der Waals surface area (Å²) in [7, 11) is -3.60. The Hall–Kier alpha value is -1.84. The molecule has 0 atom stereocenters. The van der Waals surface area contributed by atoms with Gasteiger partial charge in [0.25, 0.3) is 0 Å². The Bertz CT molecular complexity index is 584. The molecule has 22 heavy (non-hydrogen) atoms. The molecule has 0 heterocycles. The quantitative estimate of drug-likeness (QED) is 0.270. The highest BCUT2D eigenvalue weighted by molar-refractivity contribution is 7.89. The van der Waals surface area contributed by atoms with Crippen LogP contribution in [0.15, 0.2) is 34.3 Å². The molecule has 0 fully saturated rings. The lowest BCUT2D eigenvalue weighted by molar-refractivity contribution is 0.0531. The zero-order valence-electron chi connectivity index (χ0n) is 11.9. The van der Waals surface area contributed by atoms with Crippen LogP contribution in [0.3, 0.4) is 0 Å². The van der Waals surface area contributed by atoms with Crippen molar-refractivity contribution in [3.63, 3.8) is 0 Å². The Labute approximate surface area is 128 Å². The molecular formula is C12H18N4O5S. The SMILES string of the molecule is [N-]=[N+]=NCCOCCOCCNS(=O)(=O)c1ccc(O)cc1. The monoisotopic (exact) mass is 330 g/mol. The third kappa shape index (κ3) is 7.25. The number of benzene rings is 1. The second-order valence-electron chi connectivity index (χ2n) is 4.07. The van der Waals surface area contributed by atoms with E-state index in [1.165, 1.54) is 24.3 Å². The Morgan fingerprint density at radius 1 is 1.14 bits per heavy atom. The van der Waals surface area contributed by atoms with E-state index in [1.807, 2.05) is 0 Å². The summed E-state index contributed by atoms with van der Waals surface area (Å²) >= 11 is 0. The molecule has 1 rings (SSSR count). The number of aromatic hydroxyl groups is 1. The minimum atomic E-state index is -3.60. The molecule has 0 radical (unpaired) electrons. The predicted octanol–water partition coefficient (Wildman–Crippen LogP) is 1.01. The van der Waals surface area contributed by atoms with Gasteiger partial charge in [-0.2, -0.15) is 0 Å². The van der Waals surface area contributed by atoms with E-state index in [9.17, 15) is 8.42 Å². The summed E-state index contributed by atoms with van der Waals surface area (Å²) in [6.07, 6.45) is 0. The van der Waals surface area contributed by atoms with Crippen LogP contribution in [-0.2, 0) is 19.5 Å². The van der Waals surface area contributed by atoms with Crippen LogP contribution in [0.1, 0.15) is 0 Å². The molecular weight excluding hydrogens is 312 g/mol. The lowest BCUT2D eigenvalue weighted by Gasteiger charge is -2.08. The van der Waals surface area contributed by atoms with Crippen LogP contribution in [0.25, 0.3) is 10.4 Å². The molecule has 122 valence electrons. The summed E-state index contributed by atoms with van der Waals surface area (Å²) < 4.78 is 36.4. The number of sulfonamides is 1. The van der Waals surface area contributed by atoms with Crippen molar-refractivity contribution in [1.29, 1.82) is 0 Å². The smallest absolute Gasteiger partial charge is 0.240 e. The molecule has 10 heteroatoms. The first-order chi connectivity index (χ1) is 10.6. The molecule has 0 aliphatic heterocycles. The Balaban J connectivity index is 2.13. The van der Waals surface area contributed by atoms with E-state index in [0.717, 1.165) is 0 Å². The van der Waals surface area contributed by atoms with Crippen LogP contribution < -0.4 is 4.72 Å². The van der Waals surface area contributed by atoms with E-state index in [2.05, 4.69) is 14.7 Å². The Kier molecular flexibility index (Phi) is 8.26. The molecule has 1 aromatic rings. The zero-order chi connectivity index (χ0) is 16.3. The van der Waals surface area contributed by atoms with E-state index in [-0.39, 0.29) is 30.3 Å². The van der Waals surface area contributed by atoms with E-state index in [0.29, 0.717) is 19.8 Å². The van der Waals surface area contributed by atoms with Gasteiger partial charge < -0.3 is 14.6 Å². The van der Waals surface area contributed by atoms with Gasteiger partial charge in [-0.15, -0.1) is 0 Å². The second-order valence-corrected chi connectivity index (χ2v) is 5.84. The molecule has 0 amide bonds. The van der Waals surface area contributed by atoms with E-state index in [4.69, 9.17) is 20.1 Å². The minimum absolute atomic E-state index is 0.00254. The van der Waals surface area contributed by atoms with Crippen molar-refractivity contribution >= 4 is 10.0 Å². The maximum atomic E-state index is 11.9. The Morgan fingerprint density at radius 3 is 2.41 bits per heavy atom. The highest BCUT2D eigenvalue weighted by Crippen LogP contribution is 2.13. The van der Waals surface area contributed by atoms with Crippen LogP contribution >= 0.6 is 0 Å². The van der Waals surface area contributed by atoms with Crippen LogP contribution in [0, 0.1) is 0 Å². The lowest BCUT2D eigenvalue weighted by Crippen LogP contribution is -2.27. The summed E-state index contributed by atoms with van der Waals surface area (Å²) in [6.45, 7) is 1.58. The second kappa shape index (κ2) is 9.98.